The van der Waals surface area contributed by atoms with Crippen molar-refractivity contribution >= 4 is 33.3 Å². The number of rotatable bonds is 11. The molecule has 0 spiro atoms. The quantitative estimate of drug-likeness (QED) is 0.261. The molecule has 9 nitrogen and oxygen atoms in total. The third-order valence-corrected chi connectivity index (χ3v) is 8.08. The monoisotopic (exact) mass is 559 g/mol. The van der Waals surface area contributed by atoms with Gasteiger partial charge in [0, 0.05) is 30.8 Å². The van der Waals surface area contributed by atoms with E-state index in [1.54, 1.807) is 10.7 Å². The smallest absolute Gasteiger partial charge is 0.243 e. The van der Waals surface area contributed by atoms with Crippen molar-refractivity contribution in [1.29, 1.82) is 0 Å². The van der Waals surface area contributed by atoms with E-state index in [-0.39, 0.29) is 23.9 Å². The van der Waals surface area contributed by atoms with E-state index in [4.69, 9.17) is 5.10 Å². The molecule has 0 fully saturated rings. The zero-order valence-corrected chi connectivity index (χ0v) is 23.6. The normalized spacial score (nSPS) is 11.4. The average molecular weight is 560 g/mol. The number of carbonyl (C=O) groups is 2. The molecule has 0 aliphatic rings. The number of sulfonamides is 1. The second kappa shape index (κ2) is 12.7. The number of nitrogens with zero attached hydrogens (tertiary/aromatic N) is 3. The molecule has 4 aromatic rings. The van der Waals surface area contributed by atoms with Crippen LogP contribution in [0.5, 0.6) is 0 Å². The number of hydrogen-bond donors (Lipinski definition) is 2. The summed E-state index contributed by atoms with van der Waals surface area (Å²) in [5.41, 5.74) is 3.90. The minimum absolute atomic E-state index is 0.0431. The Kier molecular flexibility index (Phi) is 9.13. The summed E-state index contributed by atoms with van der Waals surface area (Å²) >= 11 is 0. The minimum atomic E-state index is -3.97. The molecule has 2 N–H and O–H groups in total. The molecule has 10 heteroatoms. The van der Waals surface area contributed by atoms with Crippen LogP contribution in [0.25, 0.3) is 16.9 Å². The third kappa shape index (κ3) is 7.02. The second-order valence-electron chi connectivity index (χ2n) is 9.47. The van der Waals surface area contributed by atoms with Crippen molar-refractivity contribution < 1.29 is 18.0 Å². The van der Waals surface area contributed by atoms with Crippen molar-refractivity contribution in [3.8, 4) is 16.9 Å². The topological polar surface area (TPSA) is 113 Å². The van der Waals surface area contributed by atoms with Gasteiger partial charge in [0.1, 0.15) is 5.82 Å². The molecule has 40 heavy (non-hydrogen) atoms. The van der Waals surface area contributed by atoms with E-state index < -0.39 is 15.9 Å². The Hall–Kier alpha value is -4.28. The molecule has 0 saturated heterocycles. The van der Waals surface area contributed by atoms with E-state index in [1.807, 2.05) is 68.4 Å². The number of amides is 2. The van der Waals surface area contributed by atoms with E-state index in [2.05, 4.69) is 10.6 Å². The third-order valence-electron chi connectivity index (χ3n) is 6.22. The summed E-state index contributed by atoms with van der Waals surface area (Å²) < 4.78 is 29.8. The minimum Gasteiger partial charge on any atom is -0.326 e. The van der Waals surface area contributed by atoms with E-state index in [9.17, 15) is 18.0 Å². The number of aromatic nitrogens is 2. The molecule has 4 rings (SSSR count). The maximum absolute atomic E-state index is 13.5. The van der Waals surface area contributed by atoms with Crippen LogP contribution in [0.1, 0.15) is 32.3 Å². The summed E-state index contributed by atoms with van der Waals surface area (Å²) in [6, 6.07) is 25.0. The fourth-order valence-corrected chi connectivity index (χ4v) is 5.56. The van der Waals surface area contributed by atoms with Crippen LogP contribution in [0.4, 0.5) is 11.5 Å². The summed E-state index contributed by atoms with van der Waals surface area (Å²) in [6.07, 6.45) is 1.35. The Balaban J connectivity index is 1.60. The van der Waals surface area contributed by atoms with Crippen molar-refractivity contribution in [2.24, 2.45) is 0 Å². The highest BCUT2D eigenvalue weighted by Gasteiger charge is 2.27. The lowest BCUT2D eigenvalue weighted by Gasteiger charge is -2.22. The van der Waals surface area contributed by atoms with Gasteiger partial charge in [-0.1, -0.05) is 61.4 Å². The predicted molar refractivity (Wildman–Crippen MR) is 157 cm³/mol. The maximum atomic E-state index is 13.5. The summed E-state index contributed by atoms with van der Waals surface area (Å²) in [5, 5.41) is 10.2. The van der Waals surface area contributed by atoms with Crippen molar-refractivity contribution in [3.63, 3.8) is 0 Å². The molecule has 0 radical (unpaired) electrons. The van der Waals surface area contributed by atoms with Crippen molar-refractivity contribution in [1.82, 2.24) is 14.1 Å². The van der Waals surface area contributed by atoms with Gasteiger partial charge in [-0.25, -0.2) is 13.1 Å². The fraction of sp³-hybridized carbons (Fsp3) is 0.233. The molecule has 0 atom stereocenters. The standard InChI is InChI=1S/C30H33N5O4S/c1-4-5-19-34(40(38,39)27-17-13-25(14-18-27)31-23(3)36)21-30(37)32-29-20-28(24-9-7-6-8-10-24)33-35(29)26-15-11-22(2)12-16-26/h6-18,20H,4-5,19,21H2,1-3H3,(H,31,36)(H,32,37). The van der Waals surface area contributed by atoms with Gasteiger partial charge < -0.3 is 10.6 Å². The number of carbonyl (C=O) groups excluding carboxylic acids is 2. The summed E-state index contributed by atoms with van der Waals surface area (Å²) in [7, 11) is -3.97. The summed E-state index contributed by atoms with van der Waals surface area (Å²) in [5.74, 6) is -0.306. The number of anilines is 2. The lowest BCUT2D eigenvalue weighted by molar-refractivity contribution is -0.116. The van der Waals surface area contributed by atoms with Crippen LogP contribution in [-0.2, 0) is 19.6 Å². The zero-order valence-electron chi connectivity index (χ0n) is 22.8. The molecular formula is C30H33N5O4S. The Morgan fingerprint density at radius 3 is 2.23 bits per heavy atom. The van der Waals surface area contributed by atoms with Gasteiger partial charge in [-0.05, 0) is 49.7 Å². The first-order valence-corrected chi connectivity index (χ1v) is 14.5. The largest absolute Gasteiger partial charge is 0.326 e. The molecule has 0 aliphatic carbocycles. The predicted octanol–water partition coefficient (Wildman–Crippen LogP) is 5.24. The summed E-state index contributed by atoms with van der Waals surface area (Å²) in [6.45, 7) is 5.15. The first-order chi connectivity index (χ1) is 19.2. The Labute approximate surface area is 234 Å². The molecule has 0 saturated carbocycles. The number of unbranched alkanes of at least 4 members (excludes halogenated alkanes) is 1. The molecule has 0 bridgehead atoms. The lowest BCUT2D eigenvalue weighted by atomic mass is 10.1. The van der Waals surface area contributed by atoms with Crippen LogP contribution in [-0.4, -0.2) is 47.4 Å². The van der Waals surface area contributed by atoms with Crippen molar-refractivity contribution in [2.75, 3.05) is 23.7 Å². The zero-order chi connectivity index (χ0) is 28.7. The van der Waals surface area contributed by atoms with Crippen LogP contribution in [0.15, 0.2) is 89.8 Å². The highest BCUT2D eigenvalue weighted by Crippen LogP contribution is 2.25. The molecule has 1 aromatic heterocycles. The van der Waals surface area contributed by atoms with E-state index in [0.29, 0.717) is 23.6 Å². The number of hydrogen-bond acceptors (Lipinski definition) is 5. The molecule has 208 valence electrons. The van der Waals surface area contributed by atoms with E-state index >= 15 is 0 Å². The number of aryl methyl sites for hydroxylation is 1. The lowest BCUT2D eigenvalue weighted by Crippen LogP contribution is -2.38. The van der Waals surface area contributed by atoms with Gasteiger partial charge in [0.05, 0.1) is 22.8 Å². The van der Waals surface area contributed by atoms with Crippen LogP contribution < -0.4 is 10.6 Å². The van der Waals surface area contributed by atoms with Gasteiger partial charge in [0.15, 0.2) is 0 Å². The van der Waals surface area contributed by atoms with E-state index in [0.717, 1.165) is 23.2 Å². The average Bonchev–Trinajstić information content (AvgIpc) is 3.35. The van der Waals surface area contributed by atoms with Crippen LogP contribution >= 0.6 is 0 Å². The van der Waals surface area contributed by atoms with Crippen LogP contribution in [0.2, 0.25) is 0 Å². The van der Waals surface area contributed by atoms with Gasteiger partial charge in [-0.2, -0.15) is 9.40 Å². The summed E-state index contributed by atoms with van der Waals surface area (Å²) in [4.78, 5) is 24.7. The van der Waals surface area contributed by atoms with Gasteiger partial charge >= 0.3 is 0 Å². The molecule has 3 aromatic carbocycles. The van der Waals surface area contributed by atoms with Gasteiger partial charge in [-0.15, -0.1) is 0 Å². The molecule has 2 amide bonds. The number of nitrogens with one attached hydrogen (secondary N) is 2. The highest BCUT2D eigenvalue weighted by molar-refractivity contribution is 7.89. The van der Waals surface area contributed by atoms with Crippen LogP contribution in [0.3, 0.4) is 0 Å². The molecule has 0 unspecified atom stereocenters. The second-order valence-corrected chi connectivity index (χ2v) is 11.4. The first-order valence-electron chi connectivity index (χ1n) is 13.1. The first kappa shape index (κ1) is 28.7. The Bertz CT molecular complexity index is 1560. The molecular weight excluding hydrogens is 526 g/mol. The highest BCUT2D eigenvalue weighted by atomic mass is 32.2. The molecule has 1 heterocycles. The van der Waals surface area contributed by atoms with Gasteiger partial charge in [-0.3, -0.25) is 9.59 Å². The maximum Gasteiger partial charge on any atom is 0.243 e. The Morgan fingerprint density at radius 1 is 0.925 bits per heavy atom. The van der Waals surface area contributed by atoms with Crippen molar-refractivity contribution in [3.05, 3.63) is 90.5 Å². The van der Waals surface area contributed by atoms with E-state index in [1.165, 1.54) is 35.5 Å². The number of benzene rings is 3. The van der Waals surface area contributed by atoms with Gasteiger partial charge in [0.25, 0.3) is 0 Å². The van der Waals surface area contributed by atoms with Crippen LogP contribution in [0, 0.1) is 6.92 Å². The van der Waals surface area contributed by atoms with Crippen molar-refractivity contribution in [2.45, 2.75) is 38.5 Å². The fourth-order valence-electron chi connectivity index (χ4n) is 4.13. The SMILES string of the molecule is CCCCN(CC(=O)Nc1cc(-c2ccccc2)nn1-c1ccc(C)cc1)S(=O)(=O)c1ccc(NC(C)=O)cc1. The van der Waals surface area contributed by atoms with Gasteiger partial charge in [0.2, 0.25) is 21.8 Å². The Morgan fingerprint density at radius 2 is 1.60 bits per heavy atom. The molecule has 0 aliphatic heterocycles.